The molecule has 1 aliphatic carbocycles. The molecule has 0 nitrogen and oxygen atoms in total. The van der Waals surface area contributed by atoms with Gasteiger partial charge >= 0.3 is 12.4 Å². The first-order valence-electron chi connectivity index (χ1n) is 3.93. The van der Waals surface area contributed by atoms with Gasteiger partial charge in [-0.3, -0.25) is 0 Å². The van der Waals surface area contributed by atoms with Gasteiger partial charge in [0.1, 0.15) is 0 Å². The maximum Gasteiger partial charge on any atom is 0.416 e. The minimum atomic E-state index is -4.76. The second kappa shape index (κ2) is 3.75. The monoisotopic (exact) mass is 228 g/mol. The third-order valence-corrected chi connectivity index (χ3v) is 1.77. The molecule has 0 saturated heterocycles. The van der Waals surface area contributed by atoms with Crippen molar-refractivity contribution in [1.29, 1.82) is 0 Å². The van der Waals surface area contributed by atoms with Crippen LogP contribution in [0.3, 0.4) is 0 Å². The van der Waals surface area contributed by atoms with Crippen molar-refractivity contribution in [3.05, 3.63) is 35.5 Å². The Morgan fingerprint density at radius 3 is 2.00 bits per heavy atom. The van der Waals surface area contributed by atoms with Gasteiger partial charge in [0.2, 0.25) is 0 Å². The van der Waals surface area contributed by atoms with Gasteiger partial charge in [-0.1, -0.05) is 18.2 Å². The van der Waals surface area contributed by atoms with Crippen molar-refractivity contribution in [3.8, 4) is 0 Å². The molecule has 0 heterocycles. The van der Waals surface area contributed by atoms with Crippen molar-refractivity contribution >= 4 is 0 Å². The fourth-order valence-corrected chi connectivity index (χ4v) is 1.04. The fraction of sp³-hybridized carbons (Fsp3) is 0.333. The summed E-state index contributed by atoms with van der Waals surface area (Å²) in [6.07, 6.45) is -7.25. The predicted molar refractivity (Wildman–Crippen MR) is 42.0 cm³/mol. The summed E-state index contributed by atoms with van der Waals surface area (Å²) < 4.78 is 73.1. The largest absolute Gasteiger partial charge is 0.416 e. The highest BCUT2D eigenvalue weighted by Crippen LogP contribution is 2.35. The number of halogens is 6. The first-order valence-corrected chi connectivity index (χ1v) is 3.93. The molecule has 0 aromatic heterocycles. The third kappa shape index (κ3) is 3.14. The lowest BCUT2D eigenvalue weighted by Crippen LogP contribution is -2.15. The Kier molecular flexibility index (Phi) is 2.97. The second-order valence-corrected chi connectivity index (χ2v) is 2.92. The maximum absolute atomic E-state index is 12.2. The van der Waals surface area contributed by atoms with Crippen molar-refractivity contribution in [3.63, 3.8) is 0 Å². The Hall–Kier alpha value is -1.20. The lowest BCUT2D eigenvalue weighted by molar-refractivity contribution is -0.0963. The quantitative estimate of drug-likeness (QED) is 0.551. The highest BCUT2D eigenvalue weighted by Gasteiger charge is 2.38. The summed E-state index contributed by atoms with van der Waals surface area (Å²) in [4.78, 5) is 0. The van der Waals surface area contributed by atoms with Crippen LogP contribution in [0, 0.1) is 0 Å². The molecule has 0 aliphatic heterocycles. The number of hydrogen-bond donors (Lipinski definition) is 0. The molecular formula is C9H6F6. The van der Waals surface area contributed by atoms with Crippen LogP contribution in [-0.4, -0.2) is 12.4 Å². The Labute approximate surface area is 81.6 Å². The molecule has 84 valence electrons. The first-order chi connectivity index (χ1) is 6.71. The summed E-state index contributed by atoms with van der Waals surface area (Å²) >= 11 is 0. The molecule has 1 rings (SSSR count). The van der Waals surface area contributed by atoms with Crippen LogP contribution in [0.2, 0.25) is 0 Å². The molecule has 0 unspecified atom stereocenters. The highest BCUT2D eigenvalue weighted by atomic mass is 19.4. The van der Waals surface area contributed by atoms with Gasteiger partial charge in [-0.15, -0.1) is 0 Å². The molecule has 0 aromatic rings. The molecule has 0 atom stereocenters. The van der Waals surface area contributed by atoms with E-state index in [1.807, 2.05) is 0 Å². The maximum atomic E-state index is 12.2. The van der Waals surface area contributed by atoms with Crippen LogP contribution in [0.1, 0.15) is 6.42 Å². The highest BCUT2D eigenvalue weighted by molar-refractivity contribution is 5.36. The Morgan fingerprint density at radius 2 is 1.53 bits per heavy atom. The number of allylic oxidation sites excluding steroid dienone is 6. The van der Waals surface area contributed by atoms with Crippen LogP contribution in [0.4, 0.5) is 26.3 Å². The minimum Gasteiger partial charge on any atom is -0.166 e. The van der Waals surface area contributed by atoms with Crippen LogP contribution < -0.4 is 0 Å². The molecule has 6 heteroatoms. The zero-order valence-corrected chi connectivity index (χ0v) is 7.28. The summed E-state index contributed by atoms with van der Waals surface area (Å²) in [6.45, 7) is 0. The Morgan fingerprint density at radius 1 is 0.933 bits per heavy atom. The van der Waals surface area contributed by atoms with Crippen molar-refractivity contribution in [2.45, 2.75) is 18.8 Å². The molecule has 0 N–H and O–H groups in total. The van der Waals surface area contributed by atoms with Crippen LogP contribution in [-0.2, 0) is 0 Å². The van der Waals surface area contributed by atoms with Crippen molar-refractivity contribution in [1.82, 2.24) is 0 Å². The average Bonchev–Trinajstić information content (AvgIpc) is 2.24. The van der Waals surface area contributed by atoms with Crippen LogP contribution in [0.15, 0.2) is 35.5 Å². The molecule has 0 spiro atoms. The molecule has 0 aromatic carbocycles. The predicted octanol–water partition coefficient (Wildman–Crippen LogP) is 3.92. The van der Waals surface area contributed by atoms with Crippen molar-refractivity contribution in [2.75, 3.05) is 0 Å². The lowest BCUT2D eigenvalue weighted by atomic mass is 10.1. The van der Waals surface area contributed by atoms with Crippen LogP contribution >= 0.6 is 0 Å². The Bertz CT molecular complexity index is 325. The van der Waals surface area contributed by atoms with Crippen LogP contribution in [0.5, 0.6) is 0 Å². The number of hydrogen-bond acceptors (Lipinski definition) is 0. The standard InChI is InChI=1S/C9H6F6/c10-8(11,12)6-3-1-2-4-7(5-6)9(13,14)15/h1-3,5H,4H2. The zero-order valence-electron chi connectivity index (χ0n) is 7.28. The van der Waals surface area contributed by atoms with E-state index >= 15 is 0 Å². The lowest BCUT2D eigenvalue weighted by Gasteiger charge is -2.11. The van der Waals surface area contributed by atoms with Gasteiger partial charge in [-0.05, 0) is 12.5 Å². The van der Waals surface area contributed by atoms with E-state index in [4.69, 9.17) is 0 Å². The molecule has 0 fully saturated rings. The van der Waals surface area contributed by atoms with Gasteiger partial charge in [0.05, 0.1) is 5.57 Å². The topological polar surface area (TPSA) is 0 Å². The van der Waals surface area contributed by atoms with E-state index < -0.39 is 29.9 Å². The summed E-state index contributed by atoms with van der Waals surface area (Å²) in [7, 11) is 0. The second-order valence-electron chi connectivity index (χ2n) is 2.92. The number of rotatable bonds is 0. The first kappa shape index (κ1) is 11.9. The van der Waals surface area contributed by atoms with Gasteiger partial charge in [0.25, 0.3) is 0 Å². The summed E-state index contributed by atoms with van der Waals surface area (Å²) in [5.41, 5.74) is -2.48. The van der Waals surface area contributed by atoms with E-state index in [0.29, 0.717) is 6.08 Å². The molecule has 0 amide bonds. The number of alkyl halides is 6. The summed E-state index contributed by atoms with van der Waals surface area (Å²) in [5.74, 6) is 0. The molecule has 0 radical (unpaired) electrons. The van der Waals surface area contributed by atoms with Gasteiger partial charge in [0.15, 0.2) is 0 Å². The SMILES string of the molecule is FC(F)(F)C1=CC=CCC(C(F)(F)F)=C1. The van der Waals surface area contributed by atoms with E-state index in [9.17, 15) is 26.3 Å². The molecule has 0 saturated carbocycles. The molecular weight excluding hydrogens is 222 g/mol. The van der Waals surface area contributed by atoms with E-state index in [2.05, 4.69) is 0 Å². The van der Waals surface area contributed by atoms with E-state index in [-0.39, 0.29) is 6.08 Å². The summed E-state index contributed by atoms with van der Waals surface area (Å²) in [6, 6.07) is 0. The normalized spacial score (nSPS) is 18.3. The third-order valence-electron chi connectivity index (χ3n) is 1.77. The van der Waals surface area contributed by atoms with Gasteiger partial charge in [-0.2, -0.15) is 26.3 Å². The van der Waals surface area contributed by atoms with E-state index in [0.717, 1.165) is 12.2 Å². The van der Waals surface area contributed by atoms with Gasteiger partial charge in [-0.25, -0.2) is 0 Å². The average molecular weight is 228 g/mol. The molecule has 0 bridgehead atoms. The Balaban J connectivity index is 3.09. The van der Waals surface area contributed by atoms with E-state index in [1.54, 1.807) is 0 Å². The summed E-state index contributed by atoms with van der Waals surface area (Å²) in [5, 5.41) is 0. The minimum absolute atomic E-state index is 0.139. The molecule has 1 aliphatic rings. The van der Waals surface area contributed by atoms with Crippen molar-refractivity contribution < 1.29 is 26.3 Å². The fourth-order valence-electron chi connectivity index (χ4n) is 1.04. The van der Waals surface area contributed by atoms with E-state index in [1.165, 1.54) is 0 Å². The van der Waals surface area contributed by atoms with Gasteiger partial charge < -0.3 is 0 Å². The zero-order chi connectivity index (χ0) is 11.7. The smallest absolute Gasteiger partial charge is 0.166 e. The van der Waals surface area contributed by atoms with Crippen molar-refractivity contribution in [2.24, 2.45) is 0 Å². The van der Waals surface area contributed by atoms with Gasteiger partial charge in [0, 0.05) is 5.57 Å². The van der Waals surface area contributed by atoms with Crippen LogP contribution in [0.25, 0.3) is 0 Å². The molecule has 15 heavy (non-hydrogen) atoms.